The Bertz CT molecular complexity index is 466. The second-order valence-electron chi connectivity index (χ2n) is 3.84. The number of ether oxygens (including phenoxy) is 1. The van der Waals surface area contributed by atoms with Crippen LogP contribution in [-0.2, 0) is 4.79 Å². The maximum Gasteiger partial charge on any atom is 0.253 e. The van der Waals surface area contributed by atoms with Gasteiger partial charge >= 0.3 is 0 Å². The third kappa shape index (κ3) is 1.66. The molecule has 1 aliphatic rings. The molecule has 0 fully saturated rings. The van der Waals surface area contributed by atoms with E-state index in [4.69, 9.17) is 4.74 Å². The van der Waals surface area contributed by atoms with Crippen LogP contribution in [0.3, 0.4) is 0 Å². The topological polar surface area (TPSA) is 41.9 Å². The van der Waals surface area contributed by atoms with Gasteiger partial charge < -0.3 is 4.74 Å². The number of amides is 1. The molecule has 0 radical (unpaired) electrons. The summed E-state index contributed by atoms with van der Waals surface area (Å²) in [7, 11) is 1.59. The van der Waals surface area contributed by atoms with E-state index < -0.39 is 0 Å². The van der Waals surface area contributed by atoms with Crippen LogP contribution >= 0.6 is 0 Å². The van der Waals surface area contributed by atoms with E-state index in [0.29, 0.717) is 12.2 Å². The molecule has 0 saturated carbocycles. The summed E-state index contributed by atoms with van der Waals surface area (Å²) < 4.78 is 5.26. The summed E-state index contributed by atoms with van der Waals surface area (Å²) in [6.07, 6.45) is 0.386. The minimum atomic E-state index is -0.00917. The van der Waals surface area contributed by atoms with E-state index in [2.05, 4.69) is 5.10 Å². The Balaban J connectivity index is 2.51. The van der Waals surface area contributed by atoms with Crippen molar-refractivity contribution in [2.75, 3.05) is 12.1 Å². The maximum atomic E-state index is 11.8. The van der Waals surface area contributed by atoms with Gasteiger partial charge in [0.05, 0.1) is 13.5 Å². The van der Waals surface area contributed by atoms with Crippen LogP contribution in [0.2, 0.25) is 0 Å². The van der Waals surface area contributed by atoms with Crippen LogP contribution in [0, 0.1) is 6.92 Å². The number of hydrogen-bond donors (Lipinski definition) is 0. The molecule has 0 saturated heterocycles. The molecule has 1 heterocycles. The van der Waals surface area contributed by atoms with Crippen molar-refractivity contribution >= 4 is 17.3 Å². The molecule has 0 unspecified atom stereocenters. The molecule has 84 valence electrons. The van der Waals surface area contributed by atoms with Crippen molar-refractivity contribution in [2.24, 2.45) is 5.10 Å². The van der Waals surface area contributed by atoms with Crippen LogP contribution < -0.4 is 9.75 Å². The fourth-order valence-electron chi connectivity index (χ4n) is 1.80. The first kappa shape index (κ1) is 10.7. The summed E-state index contributed by atoms with van der Waals surface area (Å²) in [5.74, 6) is 0.664. The van der Waals surface area contributed by atoms with Crippen molar-refractivity contribution in [1.82, 2.24) is 0 Å². The number of benzene rings is 1. The quantitative estimate of drug-likeness (QED) is 0.763. The molecule has 0 bridgehead atoms. The Hall–Kier alpha value is -1.84. The molecule has 16 heavy (non-hydrogen) atoms. The Morgan fingerprint density at radius 2 is 2.12 bits per heavy atom. The van der Waals surface area contributed by atoms with Crippen LogP contribution in [0.5, 0.6) is 5.75 Å². The third-order valence-electron chi connectivity index (χ3n) is 2.55. The highest BCUT2D eigenvalue weighted by atomic mass is 16.5. The number of methoxy groups -OCH3 is 1. The van der Waals surface area contributed by atoms with Crippen LogP contribution in [0.25, 0.3) is 0 Å². The number of aryl methyl sites for hydroxylation is 1. The molecule has 4 nitrogen and oxygen atoms in total. The summed E-state index contributed by atoms with van der Waals surface area (Å²) in [6, 6.07) is 5.67. The van der Waals surface area contributed by atoms with Crippen molar-refractivity contribution < 1.29 is 9.53 Å². The average Bonchev–Trinajstić information content (AvgIpc) is 2.57. The number of carbonyl (C=O) groups excluding carboxylic acids is 1. The number of para-hydroxylation sites is 1. The minimum Gasteiger partial charge on any atom is -0.494 e. The van der Waals surface area contributed by atoms with Gasteiger partial charge in [0.15, 0.2) is 0 Å². The number of hydrazone groups is 1. The molecule has 1 aliphatic heterocycles. The highest BCUT2D eigenvalue weighted by molar-refractivity contribution is 6.12. The maximum absolute atomic E-state index is 11.8. The first-order valence-electron chi connectivity index (χ1n) is 5.14. The van der Waals surface area contributed by atoms with Crippen LogP contribution in [0.15, 0.2) is 23.3 Å². The largest absolute Gasteiger partial charge is 0.494 e. The van der Waals surface area contributed by atoms with E-state index in [1.165, 1.54) is 5.01 Å². The van der Waals surface area contributed by atoms with Gasteiger partial charge in [0.25, 0.3) is 5.91 Å². The lowest BCUT2D eigenvalue weighted by Gasteiger charge is -2.17. The Morgan fingerprint density at radius 1 is 1.38 bits per heavy atom. The van der Waals surface area contributed by atoms with E-state index in [-0.39, 0.29) is 5.91 Å². The highest BCUT2D eigenvalue weighted by Crippen LogP contribution is 2.34. The first-order chi connectivity index (χ1) is 7.63. The molecule has 1 aromatic rings. The molecule has 1 amide bonds. The summed E-state index contributed by atoms with van der Waals surface area (Å²) in [4.78, 5) is 11.8. The van der Waals surface area contributed by atoms with Crippen molar-refractivity contribution in [1.29, 1.82) is 0 Å². The summed E-state index contributed by atoms with van der Waals surface area (Å²) >= 11 is 0. The van der Waals surface area contributed by atoms with Gasteiger partial charge in [-0.15, -0.1) is 0 Å². The second kappa shape index (κ2) is 3.96. The molecular formula is C12H14N2O2. The van der Waals surface area contributed by atoms with Gasteiger partial charge in [-0.1, -0.05) is 12.1 Å². The number of anilines is 1. The highest BCUT2D eigenvalue weighted by Gasteiger charge is 2.26. The Morgan fingerprint density at radius 3 is 2.69 bits per heavy atom. The number of nitrogens with zero attached hydrogens (tertiary/aromatic N) is 2. The molecule has 0 atom stereocenters. The van der Waals surface area contributed by atoms with E-state index in [9.17, 15) is 4.79 Å². The monoisotopic (exact) mass is 218 g/mol. The van der Waals surface area contributed by atoms with Crippen LogP contribution in [0.4, 0.5) is 5.69 Å². The average molecular weight is 218 g/mol. The number of hydrogen-bond acceptors (Lipinski definition) is 3. The Labute approximate surface area is 94.5 Å². The standard InChI is InChI=1S/C12H14N2O2/c1-8-5-4-6-10(16-3)12(8)14-11(15)7-9(2)13-14/h4-6H,7H2,1-3H3. The zero-order valence-electron chi connectivity index (χ0n) is 9.65. The molecule has 2 rings (SSSR count). The van der Waals surface area contributed by atoms with Gasteiger partial charge in [0.1, 0.15) is 11.4 Å². The van der Waals surface area contributed by atoms with Crippen molar-refractivity contribution in [2.45, 2.75) is 20.3 Å². The van der Waals surface area contributed by atoms with Crippen LogP contribution in [-0.4, -0.2) is 18.7 Å². The van der Waals surface area contributed by atoms with Gasteiger partial charge in [-0.2, -0.15) is 10.1 Å². The molecule has 0 aromatic heterocycles. The zero-order valence-corrected chi connectivity index (χ0v) is 9.65. The first-order valence-corrected chi connectivity index (χ1v) is 5.14. The molecule has 0 spiro atoms. The fourth-order valence-corrected chi connectivity index (χ4v) is 1.80. The van der Waals surface area contributed by atoms with Gasteiger partial charge in [-0.05, 0) is 25.5 Å². The fraction of sp³-hybridized carbons (Fsp3) is 0.333. The Kier molecular flexibility index (Phi) is 2.64. The number of carbonyl (C=O) groups is 1. The van der Waals surface area contributed by atoms with Crippen LogP contribution in [0.1, 0.15) is 18.9 Å². The zero-order chi connectivity index (χ0) is 11.7. The lowest BCUT2D eigenvalue weighted by atomic mass is 10.1. The van der Waals surface area contributed by atoms with Gasteiger partial charge in [0, 0.05) is 5.71 Å². The molecule has 4 heteroatoms. The van der Waals surface area contributed by atoms with Gasteiger partial charge in [-0.25, -0.2) is 0 Å². The molecule has 0 aliphatic carbocycles. The van der Waals surface area contributed by atoms with Crippen molar-refractivity contribution in [3.05, 3.63) is 23.8 Å². The van der Waals surface area contributed by atoms with E-state index in [1.807, 2.05) is 32.0 Å². The summed E-state index contributed by atoms with van der Waals surface area (Å²) in [6.45, 7) is 3.79. The van der Waals surface area contributed by atoms with Crippen molar-refractivity contribution in [3.63, 3.8) is 0 Å². The van der Waals surface area contributed by atoms with E-state index in [1.54, 1.807) is 7.11 Å². The lowest BCUT2D eigenvalue weighted by molar-refractivity contribution is -0.116. The summed E-state index contributed by atoms with van der Waals surface area (Å²) in [5.41, 5.74) is 2.55. The van der Waals surface area contributed by atoms with Gasteiger partial charge in [-0.3, -0.25) is 4.79 Å². The molecule has 0 N–H and O–H groups in total. The van der Waals surface area contributed by atoms with Gasteiger partial charge in [0.2, 0.25) is 0 Å². The smallest absolute Gasteiger partial charge is 0.253 e. The summed E-state index contributed by atoms with van der Waals surface area (Å²) in [5, 5.41) is 5.66. The lowest BCUT2D eigenvalue weighted by Crippen LogP contribution is -2.21. The molecular weight excluding hydrogens is 204 g/mol. The predicted octanol–water partition coefficient (Wildman–Crippen LogP) is 2.12. The second-order valence-corrected chi connectivity index (χ2v) is 3.84. The number of rotatable bonds is 2. The SMILES string of the molecule is COc1cccc(C)c1N1N=C(C)CC1=O. The normalized spacial score (nSPS) is 15.3. The predicted molar refractivity (Wildman–Crippen MR) is 62.9 cm³/mol. The van der Waals surface area contributed by atoms with E-state index >= 15 is 0 Å². The minimum absolute atomic E-state index is 0.00917. The van der Waals surface area contributed by atoms with E-state index in [0.717, 1.165) is 17.0 Å². The van der Waals surface area contributed by atoms with Crippen molar-refractivity contribution in [3.8, 4) is 5.75 Å². The molecule has 1 aromatic carbocycles. The third-order valence-corrected chi connectivity index (χ3v) is 2.55.